The number of anilines is 1. The number of carbonyl (C=O) groups is 2. The molecule has 3 rings (SSSR count). The molecular weight excluding hydrogens is 342 g/mol. The Morgan fingerprint density at radius 2 is 1.74 bits per heavy atom. The monoisotopic (exact) mass is 367 g/mol. The van der Waals surface area contributed by atoms with Gasteiger partial charge in [0.15, 0.2) is 5.78 Å². The molecule has 1 saturated heterocycles. The van der Waals surface area contributed by atoms with Gasteiger partial charge in [0.25, 0.3) is 0 Å². The van der Waals surface area contributed by atoms with Crippen LogP contribution in [0.1, 0.15) is 22.8 Å². The van der Waals surface area contributed by atoms with E-state index in [1.54, 1.807) is 14.0 Å². The molecule has 0 bridgehead atoms. The van der Waals surface area contributed by atoms with E-state index in [2.05, 4.69) is 10.2 Å². The maximum atomic E-state index is 12.4. The van der Waals surface area contributed by atoms with Crippen molar-refractivity contribution >= 4 is 17.5 Å². The largest absolute Gasteiger partial charge is 0.497 e. The molecule has 1 heterocycles. The summed E-state index contributed by atoms with van der Waals surface area (Å²) in [7, 11) is 1.63. The van der Waals surface area contributed by atoms with E-state index in [-0.39, 0.29) is 11.8 Å². The molecule has 0 aliphatic carbocycles. The number of rotatable bonds is 5. The second-order valence-electron chi connectivity index (χ2n) is 6.59. The highest BCUT2D eigenvalue weighted by Crippen LogP contribution is 2.18. The Labute approximate surface area is 159 Å². The molecule has 6 nitrogen and oxygen atoms in total. The van der Waals surface area contributed by atoms with Gasteiger partial charge in [-0.3, -0.25) is 4.79 Å². The van der Waals surface area contributed by atoms with Crippen molar-refractivity contribution in [1.29, 1.82) is 0 Å². The van der Waals surface area contributed by atoms with Gasteiger partial charge in [0.05, 0.1) is 7.11 Å². The lowest BCUT2D eigenvalue weighted by molar-refractivity contribution is 0.101. The minimum Gasteiger partial charge on any atom is -0.497 e. The van der Waals surface area contributed by atoms with Crippen LogP contribution in [0.4, 0.5) is 10.5 Å². The zero-order chi connectivity index (χ0) is 19.2. The molecule has 1 N–H and O–H groups in total. The molecule has 1 fully saturated rings. The minimum absolute atomic E-state index is 0.0528. The Morgan fingerprint density at radius 3 is 2.37 bits per heavy atom. The van der Waals surface area contributed by atoms with Gasteiger partial charge in [-0.2, -0.15) is 0 Å². The van der Waals surface area contributed by atoms with Crippen LogP contribution in [0.5, 0.6) is 5.75 Å². The second kappa shape index (κ2) is 8.58. The van der Waals surface area contributed by atoms with Crippen LogP contribution < -0.4 is 15.0 Å². The number of nitrogens with zero attached hydrogens (tertiary/aromatic N) is 2. The number of ketones is 1. The highest BCUT2D eigenvalue weighted by atomic mass is 16.5. The van der Waals surface area contributed by atoms with Crippen LogP contribution in [0.25, 0.3) is 0 Å². The van der Waals surface area contributed by atoms with Crippen molar-refractivity contribution in [2.45, 2.75) is 13.5 Å². The van der Waals surface area contributed by atoms with Gasteiger partial charge >= 0.3 is 6.03 Å². The van der Waals surface area contributed by atoms with Crippen LogP contribution in [-0.4, -0.2) is 50.0 Å². The van der Waals surface area contributed by atoms with Crippen molar-refractivity contribution in [2.24, 2.45) is 0 Å². The van der Waals surface area contributed by atoms with Crippen LogP contribution in [0.15, 0.2) is 48.5 Å². The number of methoxy groups -OCH3 is 1. The zero-order valence-electron chi connectivity index (χ0n) is 15.8. The summed E-state index contributed by atoms with van der Waals surface area (Å²) < 4.78 is 5.14. The highest BCUT2D eigenvalue weighted by molar-refractivity contribution is 5.95. The third kappa shape index (κ3) is 4.78. The summed E-state index contributed by atoms with van der Waals surface area (Å²) in [4.78, 5) is 28.0. The second-order valence-corrected chi connectivity index (χ2v) is 6.59. The van der Waals surface area contributed by atoms with Crippen LogP contribution in [-0.2, 0) is 6.54 Å². The fourth-order valence-electron chi connectivity index (χ4n) is 3.12. The molecule has 0 spiro atoms. The number of ether oxygens (including phenoxy) is 1. The molecule has 0 unspecified atom stereocenters. The number of nitrogens with one attached hydrogen (secondary N) is 1. The SMILES string of the molecule is COc1ccc(CNC(=O)N2CCN(c3cccc(C(C)=O)c3)CC2)cc1. The maximum absolute atomic E-state index is 12.4. The Kier molecular flexibility index (Phi) is 5.96. The predicted octanol–water partition coefficient (Wildman–Crippen LogP) is 2.93. The topological polar surface area (TPSA) is 61.9 Å². The molecule has 1 aliphatic heterocycles. The molecule has 2 aromatic carbocycles. The molecule has 0 aromatic heterocycles. The molecule has 1 aliphatic rings. The number of piperazine rings is 1. The van der Waals surface area contributed by atoms with Crippen molar-refractivity contribution < 1.29 is 14.3 Å². The van der Waals surface area contributed by atoms with Crippen molar-refractivity contribution in [3.63, 3.8) is 0 Å². The summed E-state index contributed by atoms with van der Waals surface area (Å²) in [5.41, 5.74) is 2.77. The Bertz CT molecular complexity index is 797. The Balaban J connectivity index is 1.50. The number of amides is 2. The van der Waals surface area contributed by atoms with E-state index in [1.807, 2.05) is 53.4 Å². The summed E-state index contributed by atoms with van der Waals surface area (Å²) in [5, 5.41) is 2.97. The van der Waals surface area contributed by atoms with Crippen LogP contribution in [0, 0.1) is 0 Å². The molecule has 0 atom stereocenters. The third-order valence-electron chi connectivity index (χ3n) is 4.79. The number of Topliss-reactive ketones (excluding diaryl/α,β-unsaturated/α-hetero) is 1. The number of hydrogen-bond donors (Lipinski definition) is 1. The summed E-state index contributed by atoms with van der Waals surface area (Å²) in [6.07, 6.45) is 0. The first-order valence-corrected chi connectivity index (χ1v) is 9.08. The zero-order valence-corrected chi connectivity index (χ0v) is 15.8. The first-order chi connectivity index (χ1) is 13.1. The summed E-state index contributed by atoms with van der Waals surface area (Å²) in [5.74, 6) is 0.864. The average Bonchev–Trinajstić information content (AvgIpc) is 2.72. The third-order valence-corrected chi connectivity index (χ3v) is 4.79. The fourth-order valence-corrected chi connectivity index (χ4v) is 3.12. The van der Waals surface area contributed by atoms with Crippen molar-refractivity contribution in [2.75, 3.05) is 38.2 Å². The van der Waals surface area contributed by atoms with Gasteiger partial charge in [0.2, 0.25) is 0 Å². The van der Waals surface area contributed by atoms with E-state index >= 15 is 0 Å². The smallest absolute Gasteiger partial charge is 0.317 e. The lowest BCUT2D eigenvalue weighted by atomic mass is 10.1. The average molecular weight is 367 g/mol. The van der Waals surface area contributed by atoms with E-state index in [4.69, 9.17) is 4.74 Å². The van der Waals surface area contributed by atoms with Crippen molar-refractivity contribution in [1.82, 2.24) is 10.2 Å². The van der Waals surface area contributed by atoms with E-state index in [0.717, 1.165) is 30.1 Å². The van der Waals surface area contributed by atoms with Crippen LogP contribution in [0.2, 0.25) is 0 Å². The number of urea groups is 1. The van der Waals surface area contributed by atoms with E-state index in [1.165, 1.54) is 0 Å². The lowest BCUT2D eigenvalue weighted by Gasteiger charge is -2.36. The van der Waals surface area contributed by atoms with Gasteiger partial charge < -0.3 is 19.9 Å². The molecule has 27 heavy (non-hydrogen) atoms. The Morgan fingerprint density at radius 1 is 1.04 bits per heavy atom. The molecule has 2 amide bonds. The van der Waals surface area contributed by atoms with Gasteiger partial charge in [0.1, 0.15) is 5.75 Å². The minimum atomic E-state index is -0.0528. The Hall–Kier alpha value is -3.02. The molecule has 6 heteroatoms. The predicted molar refractivity (Wildman–Crippen MR) is 105 cm³/mol. The van der Waals surface area contributed by atoms with Crippen molar-refractivity contribution in [3.8, 4) is 5.75 Å². The number of carbonyl (C=O) groups excluding carboxylic acids is 2. The summed E-state index contributed by atoms with van der Waals surface area (Å²) in [6.45, 7) is 4.86. The van der Waals surface area contributed by atoms with Gasteiger partial charge in [-0.1, -0.05) is 24.3 Å². The molecular formula is C21H25N3O3. The number of hydrogen-bond acceptors (Lipinski definition) is 4. The highest BCUT2D eigenvalue weighted by Gasteiger charge is 2.21. The quantitative estimate of drug-likeness (QED) is 0.826. The van der Waals surface area contributed by atoms with Crippen molar-refractivity contribution in [3.05, 3.63) is 59.7 Å². The fraction of sp³-hybridized carbons (Fsp3) is 0.333. The van der Waals surface area contributed by atoms with Gasteiger partial charge in [-0.05, 0) is 36.8 Å². The van der Waals surface area contributed by atoms with E-state index < -0.39 is 0 Å². The molecule has 0 saturated carbocycles. The van der Waals surface area contributed by atoms with Gasteiger partial charge in [-0.15, -0.1) is 0 Å². The van der Waals surface area contributed by atoms with Gasteiger partial charge in [-0.25, -0.2) is 4.79 Å². The normalized spacial score (nSPS) is 14.0. The molecule has 2 aromatic rings. The first-order valence-electron chi connectivity index (χ1n) is 9.08. The standard InChI is InChI=1S/C21H25N3O3/c1-16(25)18-4-3-5-19(14-18)23-10-12-24(13-11-23)21(26)22-15-17-6-8-20(27-2)9-7-17/h3-9,14H,10-13,15H2,1-2H3,(H,22,26). The summed E-state index contributed by atoms with van der Waals surface area (Å²) >= 11 is 0. The maximum Gasteiger partial charge on any atom is 0.317 e. The van der Waals surface area contributed by atoms with Gasteiger partial charge in [0, 0.05) is 44.0 Å². The summed E-state index contributed by atoms with van der Waals surface area (Å²) in [6, 6.07) is 15.3. The van der Waals surface area contributed by atoms with E-state index in [0.29, 0.717) is 25.2 Å². The van der Waals surface area contributed by atoms with E-state index in [9.17, 15) is 9.59 Å². The first kappa shape index (κ1) is 18.8. The molecule has 142 valence electrons. The lowest BCUT2D eigenvalue weighted by Crippen LogP contribution is -2.51. The van der Waals surface area contributed by atoms with Crippen LogP contribution >= 0.6 is 0 Å². The molecule has 0 radical (unpaired) electrons. The number of benzene rings is 2. The van der Waals surface area contributed by atoms with Crippen LogP contribution in [0.3, 0.4) is 0 Å².